The van der Waals surface area contributed by atoms with Crippen molar-refractivity contribution in [2.75, 3.05) is 21.3 Å². The van der Waals surface area contributed by atoms with Crippen molar-refractivity contribution in [3.8, 4) is 0 Å². The molecule has 2 aliphatic heterocycles. The second kappa shape index (κ2) is 14.2. The molecule has 4 saturated carbocycles. The van der Waals surface area contributed by atoms with Crippen LogP contribution >= 0.6 is 0 Å². The number of nitrogens with zero attached hydrogens (tertiary/aromatic N) is 1. The van der Waals surface area contributed by atoms with Crippen molar-refractivity contribution in [3.05, 3.63) is 24.2 Å². The van der Waals surface area contributed by atoms with Gasteiger partial charge in [0.15, 0.2) is 16.6 Å². The molecule has 328 valence electrons. The molecule has 1 aromatic heterocycles. The maximum atomic E-state index is 14.6. The topological polar surface area (TPSA) is 156 Å². The Morgan fingerprint density at radius 3 is 2.02 bits per heavy atom. The van der Waals surface area contributed by atoms with Crippen molar-refractivity contribution >= 4 is 28.5 Å². The third-order valence-electron chi connectivity index (χ3n) is 18.0. The molecule has 6 fully saturated rings. The lowest BCUT2D eigenvalue weighted by Crippen LogP contribution is -2.93. The minimum absolute atomic E-state index is 0.0170. The summed E-state index contributed by atoms with van der Waals surface area (Å²) in [5.41, 5.74) is -8.70. The monoisotopic (exact) mass is 849 g/mol. The number of hydrogen-bond donors (Lipinski definition) is 2. The highest BCUT2D eigenvalue weighted by Gasteiger charge is 3.02. The summed E-state index contributed by atoms with van der Waals surface area (Å²) in [5, 5.41) is 29.3. The van der Waals surface area contributed by atoms with Crippen LogP contribution in [0.5, 0.6) is 0 Å². The first kappa shape index (κ1) is 44.4. The van der Waals surface area contributed by atoms with Crippen LogP contribution in [0.4, 0.5) is 0 Å². The normalized spacial score (nSPS) is 44.1. The standard InChI is InChI=1S/C43H71NO12Si2/c1-14-57(15-2,16-3)52-33(28-20-23-51-26-28)36(7)21-22-40-38(9)29(25-32(46)49-12)37(8)27-41(38)42(48,35(37)53-58(17-4,18-5)19-6)34(47)43(40,56-39(10,54-40)55-41)30(36)24-31(45)44(11)50-13/h20,23,26,29-30,33-35,47-48H,14-19,21-22,24-25,27H2,1-13H3/t29-,30?,33-,34+,35?,36+,37+,38-,39?,40-,41-,42+,43+/m0/s1. The van der Waals surface area contributed by atoms with E-state index in [9.17, 15) is 19.8 Å². The molecule has 3 heterocycles. The van der Waals surface area contributed by atoms with Gasteiger partial charge in [-0.1, -0.05) is 62.3 Å². The second-order valence-corrected chi connectivity index (χ2v) is 28.9. The molecule has 4 bridgehead atoms. The van der Waals surface area contributed by atoms with E-state index in [0.29, 0.717) is 19.3 Å². The third kappa shape index (κ3) is 5.09. The number of carbonyl (C=O) groups excluding carboxylic acids is 2. The largest absolute Gasteiger partial charge is 0.472 e. The first-order valence-electron chi connectivity index (χ1n) is 21.9. The van der Waals surface area contributed by atoms with Crippen molar-refractivity contribution in [2.24, 2.45) is 28.1 Å². The molecule has 6 aliphatic rings. The summed E-state index contributed by atoms with van der Waals surface area (Å²) < 4.78 is 48.2. The van der Waals surface area contributed by atoms with Crippen molar-refractivity contribution in [1.82, 2.24) is 5.06 Å². The fourth-order valence-electron chi connectivity index (χ4n) is 14.5. The van der Waals surface area contributed by atoms with Gasteiger partial charge < -0.3 is 42.4 Å². The predicted molar refractivity (Wildman–Crippen MR) is 219 cm³/mol. The molecule has 13 nitrogen and oxygen atoms in total. The zero-order chi connectivity index (χ0) is 42.8. The summed E-state index contributed by atoms with van der Waals surface area (Å²) in [5.74, 6) is -3.80. The predicted octanol–water partition coefficient (Wildman–Crippen LogP) is 7.24. The van der Waals surface area contributed by atoms with E-state index in [2.05, 4.69) is 62.3 Å². The molecule has 13 atom stereocenters. The number of hydroxylamine groups is 2. The number of hydrogen-bond acceptors (Lipinski definition) is 12. The summed E-state index contributed by atoms with van der Waals surface area (Å²) in [6.07, 6.45) is 1.25. The van der Waals surface area contributed by atoms with E-state index in [1.807, 2.05) is 6.07 Å². The molecule has 2 N–H and O–H groups in total. The van der Waals surface area contributed by atoms with Gasteiger partial charge in [-0.3, -0.25) is 14.4 Å². The molecule has 58 heavy (non-hydrogen) atoms. The highest BCUT2D eigenvalue weighted by atomic mass is 28.4. The van der Waals surface area contributed by atoms with Gasteiger partial charge in [-0.2, -0.15) is 0 Å². The van der Waals surface area contributed by atoms with Crippen molar-refractivity contribution in [3.63, 3.8) is 0 Å². The van der Waals surface area contributed by atoms with Crippen LogP contribution in [-0.4, -0.2) is 106 Å². The number of carbonyl (C=O) groups is 2. The Balaban J connectivity index is 1.55. The summed E-state index contributed by atoms with van der Waals surface area (Å²) in [7, 11) is -0.481. The van der Waals surface area contributed by atoms with Gasteiger partial charge in [0.1, 0.15) is 28.5 Å². The smallest absolute Gasteiger partial charge is 0.305 e. The number of rotatable bonds is 17. The van der Waals surface area contributed by atoms with E-state index < -0.39 is 91.4 Å². The van der Waals surface area contributed by atoms with Gasteiger partial charge in [0.2, 0.25) is 5.91 Å². The number of esters is 1. The first-order chi connectivity index (χ1) is 27.2. The summed E-state index contributed by atoms with van der Waals surface area (Å²) >= 11 is 0. The van der Waals surface area contributed by atoms with Gasteiger partial charge in [0.25, 0.3) is 5.97 Å². The van der Waals surface area contributed by atoms with Crippen molar-refractivity contribution in [2.45, 2.75) is 184 Å². The molecular weight excluding hydrogens is 779 g/mol. The van der Waals surface area contributed by atoms with Gasteiger partial charge >= 0.3 is 5.97 Å². The number of methoxy groups -OCH3 is 1. The van der Waals surface area contributed by atoms with Crippen LogP contribution in [0.3, 0.4) is 0 Å². The lowest BCUT2D eigenvalue weighted by atomic mass is 9.33. The fraction of sp³-hybridized carbons (Fsp3) is 0.860. The zero-order valence-electron chi connectivity index (χ0n) is 37.3. The maximum Gasteiger partial charge on any atom is 0.305 e. The Hall–Kier alpha value is -1.67. The molecule has 7 rings (SSSR count). The van der Waals surface area contributed by atoms with E-state index in [-0.39, 0.29) is 24.7 Å². The fourth-order valence-corrected chi connectivity index (χ4v) is 20.3. The highest BCUT2D eigenvalue weighted by Crippen LogP contribution is 2.89. The molecule has 4 aliphatic carbocycles. The number of ether oxygens (including phenoxy) is 4. The lowest BCUT2D eigenvalue weighted by Gasteiger charge is -2.77. The van der Waals surface area contributed by atoms with Crippen LogP contribution < -0.4 is 0 Å². The van der Waals surface area contributed by atoms with Gasteiger partial charge in [-0.15, -0.1) is 0 Å². The molecule has 3 unspecified atom stereocenters. The lowest BCUT2D eigenvalue weighted by molar-refractivity contribution is -0.477. The molecule has 2 saturated heterocycles. The maximum absolute atomic E-state index is 14.6. The number of amides is 1. The van der Waals surface area contributed by atoms with E-state index in [1.165, 1.54) is 19.3 Å². The summed E-state index contributed by atoms with van der Waals surface area (Å²) in [6.45, 7) is 21.0. The van der Waals surface area contributed by atoms with Crippen LogP contribution in [0.2, 0.25) is 36.3 Å². The third-order valence-corrected chi connectivity index (χ3v) is 27.2. The second-order valence-electron chi connectivity index (χ2n) is 19.4. The van der Waals surface area contributed by atoms with Gasteiger partial charge in [-0.05, 0) is 67.5 Å². The number of furan rings is 1. The molecule has 2 spiro atoms. The van der Waals surface area contributed by atoms with Crippen LogP contribution in [0.15, 0.2) is 23.0 Å². The van der Waals surface area contributed by atoms with E-state index in [4.69, 9.17) is 37.1 Å². The molecule has 0 aromatic carbocycles. The average molecular weight is 850 g/mol. The van der Waals surface area contributed by atoms with E-state index in [1.54, 1.807) is 26.5 Å². The Morgan fingerprint density at radius 1 is 0.879 bits per heavy atom. The molecule has 0 radical (unpaired) electrons. The summed E-state index contributed by atoms with van der Waals surface area (Å²) in [6, 6.07) is 6.99. The first-order valence-corrected chi connectivity index (χ1v) is 27.0. The van der Waals surface area contributed by atoms with Gasteiger partial charge in [0.05, 0.1) is 39.0 Å². The van der Waals surface area contributed by atoms with Crippen LogP contribution in [-0.2, 0) is 42.2 Å². The SMILES string of the molecule is CC[Si](CC)(CC)OC1[C@]2(C)C[C@@]34OC5(C)O[C@@]6(CC[C@@](C)([C@@H](O[Si](CC)(CC)CC)c7ccoc7)C(CC(=O)N(C)OC)[C@@]6(O5)[C@H](O)[C@@]13O)[C@]4(C)[C@H]2CC(=O)OC. The van der Waals surface area contributed by atoms with Crippen LogP contribution in [0, 0.1) is 28.1 Å². The molecule has 1 amide bonds. The highest BCUT2D eigenvalue weighted by molar-refractivity contribution is 6.74. The van der Waals surface area contributed by atoms with E-state index >= 15 is 0 Å². The van der Waals surface area contributed by atoms with E-state index in [0.717, 1.165) is 41.8 Å². The molecule has 15 heteroatoms. The number of fused-ring (bicyclic) bond motifs is 2. The molecular formula is C43H71NO12Si2. The molecule has 1 aromatic rings. The Morgan fingerprint density at radius 2 is 1.48 bits per heavy atom. The number of aliphatic hydroxyl groups is 2. The minimum Gasteiger partial charge on any atom is -0.472 e. The zero-order valence-corrected chi connectivity index (χ0v) is 39.3. The van der Waals surface area contributed by atoms with Crippen LogP contribution in [0.1, 0.15) is 113 Å². The van der Waals surface area contributed by atoms with Crippen LogP contribution in [0.25, 0.3) is 0 Å². The van der Waals surface area contributed by atoms with Crippen molar-refractivity contribution in [1.29, 1.82) is 0 Å². The quantitative estimate of drug-likeness (QED) is 0.0923. The average Bonchev–Trinajstić information content (AvgIpc) is 3.92. The Kier molecular flexibility index (Phi) is 10.9. The van der Waals surface area contributed by atoms with Gasteiger partial charge in [-0.25, -0.2) is 5.06 Å². The summed E-state index contributed by atoms with van der Waals surface area (Å²) in [4.78, 5) is 33.8. The van der Waals surface area contributed by atoms with Crippen molar-refractivity contribution < 1.29 is 56.9 Å². The Bertz CT molecular complexity index is 1730. The Labute approximate surface area is 347 Å². The number of aliphatic hydroxyl groups excluding tert-OH is 1. The minimum atomic E-state index is -2.52. The van der Waals surface area contributed by atoms with Gasteiger partial charge in [0, 0.05) is 54.5 Å².